The third-order valence-corrected chi connectivity index (χ3v) is 14.7. The van der Waals surface area contributed by atoms with Crippen molar-refractivity contribution in [2.75, 3.05) is 0 Å². The van der Waals surface area contributed by atoms with E-state index in [4.69, 9.17) is 0 Å². The molecule has 0 aliphatic rings. The SMILES string of the molecule is CC(=O)c1cccc[c]1[Bi]([c]1ccccc1C(C)=O)[c]1ccccc1C(C)=O. The van der Waals surface area contributed by atoms with Crippen molar-refractivity contribution in [2.24, 2.45) is 0 Å². The predicted octanol–water partition coefficient (Wildman–Crippen LogP) is 2.81. The van der Waals surface area contributed by atoms with Crippen molar-refractivity contribution in [3.63, 3.8) is 0 Å². The minimum absolute atomic E-state index is 0.00351. The molecule has 0 bridgehead atoms. The molecule has 3 rings (SSSR count). The van der Waals surface area contributed by atoms with Crippen LogP contribution in [0, 0.1) is 0 Å². The summed E-state index contributed by atoms with van der Waals surface area (Å²) >= 11 is -3.12. The van der Waals surface area contributed by atoms with Crippen LogP contribution in [0.1, 0.15) is 51.8 Å². The van der Waals surface area contributed by atoms with Crippen LogP contribution >= 0.6 is 0 Å². The molecule has 0 atom stereocenters. The number of hydrogen-bond acceptors (Lipinski definition) is 3. The van der Waals surface area contributed by atoms with Crippen LogP contribution in [0.2, 0.25) is 0 Å². The molecule has 0 aromatic heterocycles. The first-order valence-corrected chi connectivity index (χ1v) is 14.2. The van der Waals surface area contributed by atoms with E-state index in [0.717, 1.165) is 9.81 Å². The maximum atomic E-state index is 12.4. The summed E-state index contributed by atoms with van der Waals surface area (Å²) in [6.45, 7) is 4.69. The van der Waals surface area contributed by atoms with Gasteiger partial charge in [0.15, 0.2) is 0 Å². The van der Waals surface area contributed by atoms with E-state index in [-0.39, 0.29) is 17.3 Å². The molecular weight excluding hydrogens is 545 g/mol. The van der Waals surface area contributed by atoms with Crippen molar-refractivity contribution in [1.29, 1.82) is 0 Å². The minimum atomic E-state index is -3.12. The third kappa shape index (κ3) is 4.03. The molecule has 3 aromatic carbocycles. The Morgan fingerprint density at radius 3 is 1.00 bits per heavy atom. The number of benzene rings is 3. The molecule has 3 nitrogen and oxygen atoms in total. The Morgan fingerprint density at radius 2 is 0.750 bits per heavy atom. The molecule has 0 aliphatic heterocycles. The molecule has 0 radical (unpaired) electrons. The van der Waals surface area contributed by atoms with E-state index in [1.807, 2.05) is 72.8 Å². The van der Waals surface area contributed by atoms with Crippen molar-refractivity contribution < 1.29 is 14.4 Å². The Hall–Kier alpha value is -2.45. The van der Waals surface area contributed by atoms with Gasteiger partial charge in [0.05, 0.1) is 0 Å². The third-order valence-electron chi connectivity index (χ3n) is 4.57. The number of rotatable bonds is 6. The van der Waals surface area contributed by atoms with E-state index < -0.39 is 21.8 Å². The fraction of sp³-hybridized carbons (Fsp3) is 0.125. The van der Waals surface area contributed by atoms with Gasteiger partial charge in [0.25, 0.3) is 0 Å². The number of carbonyl (C=O) groups excluding carboxylic acids is 3. The average Bonchev–Trinajstić information content (AvgIpc) is 2.69. The number of carbonyl (C=O) groups is 3. The zero-order chi connectivity index (χ0) is 20.3. The van der Waals surface area contributed by atoms with E-state index in [1.54, 1.807) is 20.8 Å². The average molecular weight is 566 g/mol. The summed E-state index contributed by atoms with van der Waals surface area (Å²) in [7, 11) is 0. The molecule has 0 spiro atoms. The van der Waals surface area contributed by atoms with Crippen molar-refractivity contribution in [1.82, 2.24) is 0 Å². The van der Waals surface area contributed by atoms with Crippen LogP contribution in [-0.2, 0) is 0 Å². The Balaban J connectivity index is 2.40. The van der Waals surface area contributed by atoms with E-state index in [2.05, 4.69) is 0 Å². The Bertz CT molecular complexity index is 932. The molecule has 28 heavy (non-hydrogen) atoms. The zero-order valence-corrected chi connectivity index (χ0v) is 19.6. The van der Waals surface area contributed by atoms with Crippen LogP contribution in [0.4, 0.5) is 0 Å². The molecule has 140 valence electrons. The number of Topliss-reactive ketones (excluding diaryl/α,β-unsaturated/α-hetero) is 3. The quantitative estimate of drug-likeness (QED) is 0.341. The van der Waals surface area contributed by atoms with Gasteiger partial charge in [-0.15, -0.1) is 0 Å². The molecule has 0 N–H and O–H groups in total. The Labute approximate surface area is 173 Å². The summed E-state index contributed by atoms with van der Waals surface area (Å²) in [5.74, 6) is -0.0105. The van der Waals surface area contributed by atoms with Gasteiger partial charge >= 0.3 is 174 Å². The number of hydrogen-bond donors (Lipinski definition) is 0. The van der Waals surface area contributed by atoms with E-state index in [1.165, 1.54) is 0 Å². The second-order valence-electron chi connectivity index (χ2n) is 6.56. The first kappa shape index (κ1) is 20.3. The second kappa shape index (κ2) is 8.71. The summed E-state index contributed by atoms with van der Waals surface area (Å²) in [6.07, 6.45) is 0. The first-order chi connectivity index (χ1) is 13.4. The Kier molecular flexibility index (Phi) is 6.31. The van der Waals surface area contributed by atoms with Crippen LogP contribution in [0.3, 0.4) is 0 Å². The summed E-state index contributed by atoms with van der Waals surface area (Å²) in [6, 6.07) is 22.8. The second-order valence-corrected chi connectivity index (χ2v) is 14.8. The van der Waals surface area contributed by atoms with Gasteiger partial charge in [-0.1, -0.05) is 0 Å². The fourth-order valence-corrected chi connectivity index (χ4v) is 14.6. The topological polar surface area (TPSA) is 51.2 Å². The monoisotopic (exact) mass is 566 g/mol. The normalized spacial score (nSPS) is 10.7. The van der Waals surface area contributed by atoms with E-state index >= 15 is 0 Å². The summed E-state index contributed by atoms with van der Waals surface area (Å²) in [5.41, 5.74) is 2.03. The van der Waals surface area contributed by atoms with Gasteiger partial charge in [0.1, 0.15) is 0 Å². The zero-order valence-electron chi connectivity index (χ0n) is 16.1. The van der Waals surface area contributed by atoms with Crippen LogP contribution in [0.25, 0.3) is 0 Å². The van der Waals surface area contributed by atoms with Crippen molar-refractivity contribution in [3.8, 4) is 0 Å². The van der Waals surface area contributed by atoms with E-state index in [0.29, 0.717) is 16.7 Å². The predicted molar refractivity (Wildman–Crippen MR) is 114 cm³/mol. The molecule has 0 heterocycles. The van der Waals surface area contributed by atoms with Gasteiger partial charge in [-0.25, -0.2) is 0 Å². The van der Waals surface area contributed by atoms with Gasteiger partial charge < -0.3 is 0 Å². The van der Waals surface area contributed by atoms with Gasteiger partial charge in [0.2, 0.25) is 0 Å². The standard InChI is InChI=1S/3C8H7O.Bi/c3*1-7(9)8-5-3-2-4-6-8;/h3*2-5H,1H3;. The summed E-state index contributed by atoms with van der Waals surface area (Å²) in [5, 5.41) is 0. The van der Waals surface area contributed by atoms with Crippen LogP contribution < -0.4 is 9.81 Å². The molecular formula is C24H21BiO3. The summed E-state index contributed by atoms with van der Waals surface area (Å²) < 4.78 is 2.98. The molecule has 0 unspecified atom stereocenters. The van der Waals surface area contributed by atoms with Gasteiger partial charge in [-0.3, -0.25) is 0 Å². The molecule has 4 heteroatoms. The first-order valence-electron chi connectivity index (χ1n) is 9.02. The number of ketones is 3. The molecule has 3 aromatic rings. The van der Waals surface area contributed by atoms with Crippen molar-refractivity contribution in [2.45, 2.75) is 20.8 Å². The molecule has 0 amide bonds. The Morgan fingerprint density at radius 1 is 0.500 bits per heavy atom. The van der Waals surface area contributed by atoms with Crippen molar-refractivity contribution in [3.05, 3.63) is 89.5 Å². The molecule has 0 saturated carbocycles. The summed E-state index contributed by atoms with van der Waals surface area (Å²) in [4.78, 5) is 37.1. The van der Waals surface area contributed by atoms with Crippen LogP contribution in [0.5, 0.6) is 0 Å². The van der Waals surface area contributed by atoms with Gasteiger partial charge in [-0.05, 0) is 0 Å². The fourth-order valence-electron chi connectivity index (χ4n) is 3.29. The van der Waals surface area contributed by atoms with Crippen LogP contribution in [0.15, 0.2) is 72.8 Å². The molecule has 0 saturated heterocycles. The van der Waals surface area contributed by atoms with Gasteiger partial charge in [-0.2, -0.15) is 0 Å². The van der Waals surface area contributed by atoms with Gasteiger partial charge in [0, 0.05) is 0 Å². The van der Waals surface area contributed by atoms with Crippen molar-refractivity contribution >= 4 is 48.9 Å². The van der Waals surface area contributed by atoms with E-state index in [9.17, 15) is 14.4 Å². The maximum absolute atomic E-state index is 12.4. The van der Waals surface area contributed by atoms with Crippen LogP contribution in [-0.4, -0.2) is 39.1 Å². The molecule has 0 fully saturated rings. The molecule has 0 aliphatic carbocycles.